The molecule has 4 heterocycles. The van der Waals surface area contributed by atoms with Gasteiger partial charge in [-0.15, -0.1) is 0 Å². The van der Waals surface area contributed by atoms with Crippen LogP contribution in [0.15, 0.2) is 24.8 Å². The second-order valence-corrected chi connectivity index (χ2v) is 11.0. The lowest BCUT2D eigenvalue weighted by atomic mass is 10.0. The average Bonchev–Trinajstić information content (AvgIpc) is 3.37. The lowest BCUT2D eigenvalue weighted by molar-refractivity contribution is -0.128. The quantitative estimate of drug-likeness (QED) is 0.389. The Morgan fingerprint density at radius 1 is 1.20 bits per heavy atom. The molecule has 0 radical (unpaired) electrons. The van der Waals surface area contributed by atoms with Gasteiger partial charge >= 0.3 is 6.01 Å². The van der Waals surface area contributed by atoms with Crippen molar-refractivity contribution in [3.05, 3.63) is 64.4 Å². The van der Waals surface area contributed by atoms with Gasteiger partial charge in [0.25, 0.3) is 0 Å². The number of likely N-dealkylation sites (N-methyl/N-ethyl adjacent to an activating group) is 1. The number of fused-ring (bicyclic) bond motifs is 1. The van der Waals surface area contributed by atoms with E-state index < -0.39 is 0 Å². The number of anilines is 2. The number of rotatable bonds is 7. The number of nitrogens with zero attached hydrogens (tertiary/aromatic N) is 7. The van der Waals surface area contributed by atoms with Gasteiger partial charge < -0.3 is 29.2 Å². The number of aromatic nitrogens is 2. The minimum atomic E-state index is -0.253. The molecule has 0 bridgehead atoms. The van der Waals surface area contributed by atoms with Gasteiger partial charge in [-0.2, -0.15) is 9.97 Å². The number of halogens is 1. The predicted octanol–water partition coefficient (Wildman–Crippen LogP) is 3.39. The monoisotopic (exact) mass is 547 g/mol. The van der Waals surface area contributed by atoms with Crippen molar-refractivity contribution in [3.63, 3.8) is 0 Å². The Kier molecular flexibility index (Phi) is 8.22. The van der Waals surface area contributed by atoms with Crippen LogP contribution >= 0.6 is 0 Å². The summed E-state index contributed by atoms with van der Waals surface area (Å²) < 4.78 is 20.8. The Balaban J connectivity index is 1.48. The lowest BCUT2D eigenvalue weighted by Crippen LogP contribution is -2.56. The molecule has 0 saturated carbocycles. The Morgan fingerprint density at radius 2 is 2.02 bits per heavy atom. The van der Waals surface area contributed by atoms with E-state index in [0.717, 1.165) is 47.7 Å². The van der Waals surface area contributed by atoms with Crippen molar-refractivity contribution in [3.8, 4) is 6.01 Å². The summed E-state index contributed by atoms with van der Waals surface area (Å²) in [5, 5.41) is 0. The number of ether oxygens (including phenoxy) is 1. The molecule has 3 aliphatic heterocycles. The molecular formula is C30H38FN7O2. The van der Waals surface area contributed by atoms with Crippen molar-refractivity contribution in [2.75, 3.05) is 62.7 Å². The van der Waals surface area contributed by atoms with Crippen molar-refractivity contribution in [2.24, 2.45) is 0 Å². The molecule has 0 N–H and O–H groups in total. The molecule has 0 aliphatic carbocycles. The lowest BCUT2D eigenvalue weighted by Gasteiger charge is -2.41. The van der Waals surface area contributed by atoms with E-state index in [1.165, 1.54) is 12.1 Å². The molecule has 2 aromatic rings. The maximum atomic E-state index is 14.5. The van der Waals surface area contributed by atoms with Crippen LogP contribution in [0.2, 0.25) is 0 Å². The average molecular weight is 548 g/mol. The Morgan fingerprint density at radius 3 is 2.75 bits per heavy atom. The molecule has 5 rings (SSSR count). The van der Waals surface area contributed by atoms with Gasteiger partial charge in [0.1, 0.15) is 24.3 Å². The topological polar surface area (TPSA) is 69.4 Å². The maximum Gasteiger partial charge on any atom is 0.318 e. The first-order valence-corrected chi connectivity index (χ1v) is 14.0. The van der Waals surface area contributed by atoms with Gasteiger partial charge in [0, 0.05) is 49.0 Å². The molecule has 2 fully saturated rings. The van der Waals surface area contributed by atoms with Gasteiger partial charge in [-0.3, -0.25) is 4.79 Å². The minimum absolute atomic E-state index is 0.154. The predicted molar refractivity (Wildman–Crippen MR) is 153 cm³/mol. The number of hydrogen-bond acceptors (Lipinski definition) is 7. The zero-order valence-corrected chi connectivity index (χ0v) is 23.7. The summed E-state index contributed by atoms with van der Waals surface area (Å²) in [6, 6.07) is 3.77. The number of hydrogen-bond donors (Lipinski definition) is 0. The number of amides is 1. The molecule has 2 atom stereocenters. The van der Waals surface area contributed by atoms with Crippen LogP contribution in [-0.2, 0) is 17.8 Å². The van der Waals surface area contributed by atoms with Crippen LogP contribution in [0.4, 0.5) is 15.9 Å². The highest BCUT2D eigenvalue weighted by molar-refractivity contribution is 5.87. The number of piperazine rings is 1. The Bertz CT molecular complexity index is 1330. The number of aryl methyl sites for hydroxylation is 1. The third-order valence-electron chi connectivity index (χ3n) is 8.52. The van der Waals surface area contributed by atoms with E-state index in [4.69, 9.17) is 21.3 Å². The van der Waals surface area contributed by atoms with Crippen molar-refractivity contribution in [1.29, 1.82) is 0 Å². The fourth-order valence-corrected chi connectivity index (χ4v) is 6.28. The molecule has 3 aliphatic rings. The van der Waals surface area contributed by atoms with Crippen molar-refractivity contribution >= 4 is 17.4 Å². The third-order valence-corrected chi connectivity index (χ3v) is 8.52. The molecule has 0 unspecified atom stereocenters. The maximum absolute atomic E-state index is 14.5. The summed E-state index contributed by atoms with van der Waals surface area (Å²) in [5.74, 6) is 0.448. The van der Waals surface area contributed by atoms with E-state index in [1.807, 2.05) is 19.9 Å². The first-order chi connectivity index (χ1) is 19.3. The van der Waals surface area contributed by atoms with E-state index in [-0.39, 0.29) is 24.3 Å². The Labute approximate surface area is 236 Å². The van der Waals surface area contributed by atoms with Gasteiger partial charge in [0.2, 0.25) is 12.5 Å². The van der Waals surface area contributed by atoms with Gasteiger partial charge in [0.15, 0.2) is 0 Å². The summed E-state index contributed by atoms with van der Waals surface area (Å²) in [5.41, 5.74) is 4.51. The molecule has 0 spiro atoms. The smallest absolute Gasteiger partial charge is 0.318 e. The zero-order valence-electron chi connectivity index (χ0n) is 23.7. The van der Waals surface area contributed by atoms with E-state index in [2.05, 4.69) is 33.2 Å². The molecule has 2 saturated heterocycles. The number of likely N-dealkylation sites (tertiary alicyclic amines) is 1. The molecule has 1 aromatic carbocycles. The normalized spacial score (nSPS) is 21.2. The van der Waals surface area contributed by atoms with Gasteiger partial charge in [-0.05, 0) is 64.4 Å². The van der Waals surface area contributed by atoms with Crippen molar-refractivity contribution < 1.29 is 13.9 Å². The highest BCUT2D eigenvalue weighted by atomic mass is 19.1. The molecule has 9 nitrogen and oxygen atoms in total. The van der Waals surface area contributed by atoms with Gasteiger partial charge in [0.05, 0.1) is 12.2 Å². The molecule has 40 heavy (non-hydrogen) atoms. The highest BCUT2D eigenvalue weighted by Gasteiger charge is 2.35. The summed E-state index contributed by atoms with van der Waals surface area (Å²) in [6.45, 7) is 19.5. The first-order valence-electron chi connectivity index (χ1n) is 14.0. The van der Waals surface area contributed by atoms with Crippen LogP contribution in [0, 0.1) is 26.2 Å². The number of benzene rings is 1. The van der Waals surface area contributed by atoms with E-state index >= 15 is 0 Å². The second kappa shape index (κ2) is 11.8. The fourth-order valence-electron chi connectivity index (χ4n) is 6.28. The zero-order chi connectivity index (χ0) is 28.4. The Hall–Kier alpha value is -3.71. The van der Waals surface area contributed by atoms with E-state index in [0.29, 0.717) is 63.4 Å². The van der Waals surface area contributed by atoms with Crippen LogP contribution in [0.3, 0.4) is 0 Å². The number of carbonyl (C=O) groups excluding carboxylic acids is 1. The number of carbonyl (C=O) groups is 1. The van der Waals surface area contributed by atoms with E-state index in [1.54, 1.807) is 4.90 Å². The highest BCUT2D eigenvalue weighted by Crippen LogP contribution is 2.35. The molecule has 1 amide bonds. The summed E-state index contributed by atoms with van der Waals surface area (Å²) in [6.07, 6.45) is 4.25. The SMILES string of the molecule is [C-]#[N+]C[C@H]1CN(c2nc(OC[C@@H]3CCCN3C)nc3c2CCN(c2c(C)ccc(F)c2C)C3)CCN1C(=O)C=C. The van der Waals surface area contributed by atoms with Crippen LogP contribution < -0.4 is 14.5 Å². The summed E-state index contributed by atoms with van der Waals surface area (Å²) in [7, 11) is 2.11. The van der Waals surface area contributed by atoms with E-state index in [9.17, 15) is 9.18 Å². The third kappa shape index (κ3) is 5.48. The van der Waals surface area contributed by atoms with Crippen molar-refractivity contribution in [2.45, 2.75) is 51.7 Å². The molecular weight excluding hydrogens is 509 g/mol. The van der Waals surface area contributed by atoms with Crippen LogP contribution in [-0.4, -0.2) is 90.7 Å². The molecule has 1 aromatic heterocycles. The van der Waals surface area contributed by atoms with Crippen LogP contribution in [0.5, 0.6) is 6.01 Å². The minimum Gasteiger partial charge on any atom is -0.462 e. The van der Waals surface area contributed by atoms with Gasteiger partial charge in [-0.1, -0.05) is 12.6 Å². The first kappa shape index (κ1) is 27.8. The molecule has 212 valence electrons. The van der Waals surface area contributed by atoms with Crippen LogP contribution in [0.1, 0.15) is 35.2 Å². The second-order valence-electron chi connectivity index (χ2n) is 11.0. The standard InChI is InChI=1S/C30H38FN7O2/c1-6-27(39)38-15-14-37(17-23(38)16-32-4)29-24-11-13-36(28-20(2)9-10-25(31)21(28)3)18-26(24)33-30(34-29)40-19-22-8-7-12-35(22)5/h6,9-10,22-23H,1,7-8,11-19H2,2-3,5H3/t22-,23-/m0/s1. The van der Waals surface area contributed by atoms with Crippen LogP contribution in [0.25, 0.3) is 4.85 Å². The fraction of sp³-hybridized carbons (Fsp3) is 0.533. The summed E-state index contributed by atoms with van der Waals surface area (Å²) in [4.78, 5) is 34.3. The van der Waals surface area contributed by atoms with Gasteiger partial charge in [-0.25, -0.2) is 11.0 Å². The largest absolute Gasteiger partial charge is 0.462 e. The summed E-state index contributed by atoms with van der Waals surface area (Å²) >= 11 is 0. The van der Waals surface area contributed by atoms with Crippen molar-refractivity contribution in [1.82, 2.24) is 19.8 Å². The molecule has 10 heteroatoms.